The van der Waals surface area contributed by atoms with Crippen LogP contribution in [0.25, 0.3) is 16.6 Å². The maximum Gasteiger partial charge on any atom is 0.252 e. The Bertz CT molecular complexity index is 2070. The van der Waals surface area contributed by atoms with Gasteiger partial charge in [0, 0.05) is 28.4 Å². The highest BCUT2D eigenvalue weighted by Gasteiger charge is 2.41. The van der Waals surface area contributed by atoms with Gasteiger partial charge in [-0.05, 0) is 83.3 Å². The molecule has 1 aliphatic heterocycles. The Kier molecular flexibility index (Phi) is 6.12. The van der Waals surface area contributed by atoms with Crippen LogP contribution < -0.4 is 26.6 Å². The summed E-state index contributed by atoms with van der Waals surface area (Å²) in [5.41, 5.74) is 12.1. The van der Waals surface area contributed by atoms with Gasteiger partial charge in [-0.3, -0.25) is 9.47 Å². The molecule has 3 nitrogen and oxygen atoms in total. The smallest absolute Gasteiger partial charge is 0.252 e. The van der Waals surface area contributed by atoms with Crippen molar-refractivity contribution >= 4 is 62.6 Å². The van der Waals surface area contributed by atoms with E-state index >= 15 is 0 Å². The summed E-state index contributed by atoms with van der Waals surface area (Å²) in [6, 6.07) is 56.4. The lowest BCUT2D eigenvalue weighted by Gasteiger charge is -2.37. The molecule has 6 aromatic carbocycles. The zero-order valence-electron chi connectivity index (χ0n) is 24.0. The highest BCUT2D eigenvalue weighted by Crippen LogP contribution is 2.41. The molecule has 1 N–H and O–H groups in total. The van der Waals surface area contributed by atoms with Gasteiger partial charge < -0.3 is 5.32 Å². The standard InChI is InChI=1S/C39H30BN3/c1-28-16-15-27-36-37(28)40(33-24-12-13-25-34(33)41-29-17-5-2-6-18-29)38-32-23-11-14-26-35(32)42(30-19-7-3-8-20-30)39(38)43(36)31-21-9-4-10-22-31/h2-27,41H,1H3. The van der Waals surface area contributed by atoms with Crippen molar-refractivity contribution in [3.05, 3.63) is 163 Å². The largest absolute Gasteiger partial charge is 0.356 e. The number of nitrogens with zero attached hydrogens (tertiary/aromatic N) is 2. The lowest BCUT2D eigenvalue weighted by Crippen LogP contribution is -2.58. The van der Waals surface area contributed by atoms with Crippen LogP contribution in [0.15, 0.2) is 158 Å². The van der Waals surface area contributed by atoms with Crippen molar-refractivity contribution in [1.29, 1.82) is 0 Å². The van der Waals surface area contributed by atoms with E-state index in [0.29, 0.717) is 0 Å². The van der Waals surface area contributed by atoms with E-state index < -0.39 is 0 Å². The molecule has 7 aromatic rings. The molecule has 0 atom stereocenters. The van der Waals surface area contributed by atoms with Crippen LogP contribution in [0.2, 0.25) is 0 Å². The molecule has 2 heterocycles. The van der Waals surface area contributed by atoms with Crippen LogP contribution >= 0.6 is 0 Å². The van der Waals surface area contributed by atoms with Crippen molar-refractivity contribution in [2.24, 2.45) is 0 Å². The first-order chi connectivity index (χ1) is 21.3. The van der Waals surface area contributed by atoms with Gasteiger partial charge in [-0.25, -0.2) is 0 Å². The number of para-hydroxylation sites is 5. The summed E-state index contributed by atoms with van der Waals surface area (Å²) in [7, 11) is 0. The topological polar surface area (TPSA) is 20.2 Å². The summed E-state index contributed by atoms with van der Waals surface area (Å²) in [6.45, 7) is 2.26. The second-order valence-electron chi connectivity index (χ2n) is 11.1. The average Bonchev–Trinajstić information content (AvgIpc) is 3.40. The van der Waals surface area contributed by atoms with E-state index in [1.165, 1.54) is 44.4 Å². The fourth-order valence-corrected chi connectivity index (χ4v) is 6.78. The lowest BCUT2D eigenvalue weighted by atomic mass is 9.34. The van der Waals surface area contributed by atoms with E-state index in [4.69, 9.17) is 0 Å². The number of rotatable bonds is 5. The van der Waals surface area contributed by atoms with Gasteiger partial charge in [-0.2, -0.15) is 0 Å². The van der Waals surface area contributed by atoms with Crippen LogP contribution in [0.5, 0.6) is 0 Å². The van der Waals surface area contributed by atoms with Gasteiger partial charge in [-0.15, -0.1) is 0 Å². The molecule has 0 spiro atoms. The van der Waals surface area contributed by atoms with Crippen molar-refractivity contribution in [3.63, 3.8) is 0 Å². The number of aryl methyl sites for hydroxylation is 1. The molecule has 0 fully saturated rings. The molecule has 43 heavy (non-hydrogen) atoms. The summed E-state index contributed by atoms with van der Waals surface area (Å²) in [4.78, 5) is 2.47. The van der Waals surface area contributed by atoms with Crippen LogP contribution in [0, 0.1) is 6.92 Å². The van der Waals surface area contributed by atoms with Gasteiger partial charge in [0.25, 0.3) is 6.71 Å². The van der Waals surface area contributed by atoms with Crippen LogP contribution in [-0.4, -0.2) is 11.3 Å². The first kappa shape index (κ1) is 25.3. The number of fused-ring (bicyclic) bond motifs is 4. The third kappa shape index (κ3) is 4.14. The third-order valence-corrected chi connectivity index (χ3v) is 8.57. The normalized spacial score (nSPS) is 12.2. The molecule has 0 amide bonds. The van der Waals surface area contributed by atoms with Crippen LogP contribution in [0.3, 0.4) is 0 Å². The monoisotopic (exact) mass is 551 g/mol. The Labute approximate surface area is 252 Å². The van der Waals surface area contributed by atoms with Gasteiger partial charge in [0.15, 0.2) is 0 Å². The first-order valence-electron chi connectivity index (χ1n) is 14.8. The predicted molar refractivity (Wildman–Crippen MR) is 184 cm³/mol. The summed E-state index contributed by atoms with van der Waals surface area (Å²) >= 11 is 0. The molecule has 4 heteroatoms. The molecular weight excluding hydrogens is 521 g/mol. The predicted octanol–water partition coefficient (Wildman–Crippen LogP) is 7.98. The van der Waals surface area contributed by atoms with Crippen molar-refractivity contribution in [3.8, 4) is 5.69 Å². The van der Waals surface area contributed by atoms with Crippen LogP contribution in [0.4, 0.5) is 28.6 Å². The molecule has 0 saturated heterocycles. The third-order valence-electron chi connectivity index (χ3n) is 8.57. The van der Waals surface area contributed by atoms with E-state index in [9.17, 15) is 0 Å². The zero-order valence-corrected chi connectivity index (χ0v) is 24.0. The quantitative estimate of drug-likeness (QED) is 0.219. The average molecular weight is 552 g/mol. The van der Waals surface area contributed by atoms with E-state index in [0.717, 1.165) is 22.7 Å². The molecular formula is C39H30BN3. The number of nitrogens with one attached hydrogen (secondary N) is 1. The Morgan fingerprint density at radius 2 is 1.16 bits per heavy atom. The summed E-state index contributed by atoms with van der Waals surface area (Å²) < 4.78 is 2.45. The van der Waals surface area contributed by atoms with Crippen molar-refractivity contribution in [2.75, 3.05) is 10.2 Å². The zero-order chi connectivity index (χ0) is 28.8. The van der Waals surface area contributed by atoms with E-state index in [1.807, 2.05) is 0 Å². The Balaban J connectivity index is 1.50. The molecule has 1 aliphatic rings. The number of anilines is 5. The highest BCUT2D eigenvalue weighted by molar-refractivity contribution is 7.00. The Morgan fingerprint density at radius 3 is 1.93 bits per heavy atom. The van der Waals surface area contributed by atoms with E-state index in [-0.39, 0.29) is 6.71 Å². The fraction of sp³-hybridized carbons (Fsp3) is 0.0256. The minimum atomic E-state index is 0.00781. The second-order valence-corrected chi connectivity index (χ2v) is 11.1. The molecule has 0 unspecified atom stereocenters. The molecule has 1 aromatic heterocycles. The van der Waals surface area contributed by atoms with Gasteiger partial charge >= 0.3 is 0 Å². The maximum absolute atomic E-state index is 3.76. The second kappa shape index (κ2) is 10.4. The molecule has 0 radical (unpaired) electrons. The summed E-state index contributed by atoms with van der Waals surface area (Å²) in [5.74, 6) is 1.18. The first-order valence-corrected chi connectivity index (χ1v) is 14.8. The molecule has 0 saturated carbocycles. The van der Waals surface area contributed by atoms with Gasteiger partial charge in [-0.1, -0.05) is 109 Å². The van der Waals surface area contributed by atoms with Crippen LogP contribution in [-0.2, 0) is 0 Å². The molecule has 8 rings (SSSR count). The summed E-state index contributed by atoms with van der Waals surface area (Å²) in [6.07, 6.45) is 0. The van der Waals surface area contributed by atoms with E-state index in [2.05, 4.69) is 179 Å². The molecule has 204 valence electrons. The number of hydrogen-bond donors (Lipinski definition) is 1. The SMILES string of the molecule is Cc1cccc2c1B(c1ccccc1Nc1ccccc1)c1c(n(-c3ccccc3)c3ccccc13)N2c1ccccc1. The Hall–Kier alpha value is -5.48. The van der Waals surface area contributed by atoms with Gasteiger partial charge in [0.05, 0.1) is 5.52 Å². The molecule has 0 aliphatic carbocycles. The van der Waals surface area contributed by atoms with Crippen molar-refractivity contribution in [2.45, 2.75) is 6.92 Å². The van der Waals surface area contributed by atoms with Gasteiger partial charge in [0.2, 0.25) is 0 Å². The van der Waals surface area contributed by atoms with E-state index in [1.54, 1.807) is 0 Å². The minimum Gasteiger partial charge on any atom is -0.356 e. The summed E-state index contributed by atoms with van der Waals surface area (Å²) in [5, 5.41) is 5.02. The lowest BCUT2D eigenvalue weighted by molar-refractivity contribution is 1.08. The highest BCUT2D eigenvalue weighted by atomic mass is 15.3. The number of hydrogen-bond acceptors (Lipinski definition) is 2. The number of aromatic nitrogens is 1. The minimum absolute atomic E-state index is 0.00781. The van der Waals surface area contributed by atoms with Gasteiger partial charge in [0.1, 0.15) is 5.82 Å². The maximum atomic E-state index is 3.76. The number of benzene rings is 6. The Morgan fingerprint density at radius 1 is 0.535 bits per heavy atom. The van der Waals surface area contributed by atoms with Crippen molar-refractivity contribution < 1.29 is 0 Å². The fourth-order valence-electron chi connectivity index (χ4n) is 6.78. The van der Waals surface area contributed by atoms with Crippen molar-refractivity contribution in [1.82, 2.24) is 4.57 Å². The molecule has 0 bridgehead atoms. The van der Waals surface area contributed by atoms with Crippen LogP contribution in [0.1, 0.15) is 5.56 Å².